The van der Waals surface area contributed by atoms with Gasteiger partial charge in [0, 0.05) is 24.1 Å². The van der Waals surface area contributed by atoms with E-state index in [0.29, 0.717) is 35.6 Å². The van der Waals surface area contributed by atoms with Crippen LogP contribution in [0, 0.1) is 0 Å². The van der Waals surface area contributed by atoms with Crippen LogP contribution in [0.2, 0.25) is 0 Å². The van der Waals surface area contributed by atoms with Gasteiger partial charge in [-0.25, -0.2) is 0 Å². The Morgan fingerprint density at radius 2 is 2.08 bits per heavy atom. The number of aromatic nitrogens is 3. The Kier molecular flexibility index (Phi) is 4.65. The van der Waals surface area contributed by atoms with Crippen LogP contribution in [-0.2, 0) is 4.79 Å². The molecule has 0 atom stereocenters. The number of ether oxygens (including phenoxy) is 1. The van der Waals surface area contributed by atoms with Crippen LogP contribution < -0.4 is 10.1 Å². The maximum Gasteiger partial charge on any atom is 0.225 e. The van der Waals surface area contributed by atoms with Crippen molar-refractivity contribution in [3.05, 3.63) is 30.1 Å². The highest BCUT2D eigenvalue weighted by Gasteiger charge is 2.36. The van der Waals surface area contributed by atoms with Crippen molar-refractivity contribution < 1.29 is 9.53 Å². The summed E-state index contributed by atoms with van der Waals surface area (Å²) in [5.41, 5.74) is 0.706. The van der Waals surface area contributed by atoms with Gasteiger partial charge in [-0.3, -0.25) is 4.79 Å². The van der Waals surface area contributed by atoms with Gasteiger partial charge in [-0.05, 0) is 37.8 Å². The van der Waals surface area contributed by atoms with E-state index in [1.807, 2.05) is 24.3 Å². The predicted octanol–water partition coefficient (Wildman–Crippen LogP) is 3.62. The molecule has 0 aliphatic heterocycles. The molecule has 6 nitrogen and oxygen atoms in total. The standard InChI is InChI=1S/C18H22N4O2S/c1-24-15-5-3-2-4-14(15)19-16(23)10-11-25-18-21-20-17(12-6-7-12)22(18)13-8-9-13/h2-5,12-13H,6-11H2,1H3,(H,19,23). The number of hydrogen-bond acceptors (Lipinski definition) is 5. The van der Waals surface area contributed by atoms with Gasteiger partial charge >= 0.3 is 0 Å². The Balaban J connectivity index is 1.33. The highest BCUT2D eigenvalue weighted by molar-refractivity contribution is 7.99. The Morgan fingerprint density at radius 3 is 2.80 bits per heavy atom. The molecule has 1 heterocycles. The molecule has 0 radical (unpaired) electrons. The van der Waals surface area contributed by atoms with E-state index < -0.39 is 0 Å². The summed E-state index contributed by atoms with van der Waals surface area (Å²) < 4.78 is 7.58. The molecule has 25 heavy (non-hydrogen) atoms. The number of carbonyl (C=O) groups excluding carboxylic acids is 1. The van der Waals surface area contributed by atoms with E-state index in [1.165, 1.54) is 25.7 Å². The third-order valence-electron chi connectivity index (χ3n) is 4.49. The number of benzene rings is 1. The molecule has 2 saturated carbocycles. The first-order chi connectivity index (χ1) is 12.3. The molecule has 0 bridgehead atoms. The van der Waals surface area contributed by atoms with Crippen molar-refractivity contribution >= 4 is 23.4 Å². The third-order valence-corrected chi connectivity index (χ3v) is 5.43. The SMILES string of the molecule is COc1ccccc1NC(=O)CCSc1nnc(C2CC2)n1C1CC1. The summed E-state index contributed by atoms with van der Waals surface area (Å²) in [6.45, 7) is 0. The van der Waals surface area contributed by atoms with E-state index in [1.54, 1.807) is 18.9 Å². The quantitative estimate of drug-likeness (QED) is 0.730. The van der Waals surface area contributed by atoms with Gasteiger partial charge in [0.25, 0.3) is 0 Å². The zero-order chi connectivity index (χ0) is 17.2. The van der Waals surface area contributed by atoms with Gasteiger partial charge < -0.3 is 14.6 Å². The fraction of sp³-hybridized carbons (Fsp3) is 0.500. The van der Waals surface area contributed by atoms with Gasteiger partial charge in [0.15, 0.2) is 5.16 Å². The summed E-state index contributed by atoms with van der Waals surface area (Å²) >= 11 is 1.63. The monoisotopic (exact) mass is 358 g/mol. The number of anilines is 1. The van der Waals surface area contributed by atoms with Crippen LogP contribution in [0.3, 0.4) is 0 Å². The van der Waals surface area contributed by atoms with Crippen molar-refractivity contribution in [2.75, 3.05) is 18.2 Å². The normalized spacial score (nSPS) is 16.7. The van der Waals surface area contributed by atoms with E-state index in [4.69, 9.17) is 4.74 Å². The number of nitrogens with zero attached hydrogens (tertiary/aromatic N) is 3. The minimum absolute atomic E-state index is 0.0168. The molecule has 0 unspecified atom stereocenters. The Hall–Kier alpha value is -2.02. The minimum atomic E-state index is -0.0168. The lowest BCUT2D eigenvalue weighted by atomic mass is 10.3. The summed E-state index contributed by atoms with van der Waals surface area (Å²) in [5, 5.41) is 12.7. The first-order valence-electron chi connectivity index (χ1n) is 8.76. The lowest BCUT2D eigenvalue weighted by Crippen LogP contribution is -2.13. The fourth-order valence-electron chi connectivity index (χ4n) is 2.88. The van der Waals surface area contributed by atoms with Gasteiger partial charge in [0.1, 0.15) is 11.6 Å². The second kappa shape index (κ2) is 7.07. The summed E-state index contributed by atoms with van der Waals surface area (Å²) in [6, 6.07) is 8.02. The molecule has 2 aromatic rings. The van der Waals surface area contributed by atoms with Crippen molar-refractivity contribution in [3.8, 4) is 5.75 Å². The molecular formula is C18H22N4O2S. The van der Waals surface area contributed by atoms with Crippen LogP contribution in [0.25, 0.3) is 0 Å². The molecule has 2 aliphatic carbocycles. The number of methoxy groups -OCH3 is 1. The predicted molar refractivity (Wildman–Crippen MR) is 97.2 cm³/mol. The van der Waals surface area contributed by atoms with Crippen molar-refractivity contribution in [2.24, 2.45) is 0 Å². The molecule has 1 amide bonds. The molecule has 1 aromatic carbocycles. The lowest BCUT2D eigenvalue weighted by molar-refractivity contribution is -0.115. The molecule has 4 rings (SSSR count). The maximum atomic E-state index is 12.2. The van der Waals surface area contributed by atoms with Gasteiger partial charge in [-0.1, -0.05) is 23.9 Å². The van der Waals surface area contributed by atoms with E-state index in [9.17, 15) is 4.79 Å². The first kappa shape index (κ1) is 16.4. The molecule has 1 N–H and O–H groups in total. The molecule has 0 spiro atoms. The summed E-state index contributed by atoms with van der Waals surface area (Å²) in [4.78, 5) is 12.2. The van der Waals surface area contributed by atoms with E-state index in [0.717, 1.165) is 11.0 Å². The fourth-order valence-corrected chi connectivity index (χ4v) is 3.83. The van der Waals surface area contributed by atoms with Gasteiger partial charge in [0.2, 0.25) is 5.91 Å². The van der Waals surface area contributed by atoms with Crippen molar-refractivity contribution in [2.45, 2.75) is 49.2 Å². The second-order valence-corrected chi connectivity index (χ2v) is 7.63. The van der Waals surface area contributed by atoms with Crippen molar-refractivity contribution in [1.29, 1.82) is 0 Å². The number of carbonyl (C=O) groups is 1. The number of thioether (sulfide) groups is 1. The van der Waals surface area contributed by atoms with Gasteiger partial charge in [0.05, 0.1) is 12.8 Å². The molecule has 1 aromatic heterocycles. The number of amides is 1. The zero-order valence-corrected chi connectivity index (χ0v) is 15.1. The van der Waals surface area contributed by atoms with Crippen LogP contribution in [-0.4, -0.2) is 33.5 Å². The zero-order valence-electron chi connectivity index (χ0n) is 14.3. The second-order valence-electron chi connectivity index (χ2n) is 6.56. The van der Waals surface area contributed by atoms with Crippen LogP contribution in [0.4, 0.5) is 5.69 Å². The lowest BCUT2D eigenvalue weighted by Gasteiger charge is -2.10. The van der Waals surface area contributed by atoms with Crippen LogP contribution in [0.5, 0.6) is 5.75 Å². The van der Waals surface area contributed by atoms with Crippen LogP contribution >= 0.6 is 11.8 Å². The Bertz CT molecular complexity index is 768. The minimum Gasteiger partial charge on any atom is -0.495 e. The Labute approximate surface area is 151 Å². The summed E-state index contributed by atoms with van der Waals surface area (Å²) in [6.07, 6.45) is 5.34. The number of nitrogens with one attached hydrogen (secondary N) is 1. The highest BCUT2D eigenvalue weighted by Crippen LogP contribution is 2.46. The first-order valence-corrected chi connectivity index (χ1v) is 9.75. The van der Waals surface area contributed by atoms with Gasteiger partial charge in [-0.2, -0.15) is 0 Å². The maximum absolute atomic E-state index is 12.2. The largest absolute Gasteiger partial charge is 0.495 e. The average Bonchev–Trinajstić information content (AvgIpc) is 3.54. The Morgan fingerprint density at radius 1 is 1.28 bits per heavy atom. The summed E-state index contributed by atoms with van der Waals surface area (Å²) in [5.74, 6) is 3.11. The smallest absolute Gasteiger partial charge is 0.225 e. The van der Waals surface area contributed by atoms with Crippen molar-refractivity contribution in [1.82, 2.24) is 14.8 Å². The number of para-hydroxylation sites is 2. The van der Waals surface area contributed by atoms with Crippen LogP contribution in [0.1, 0.15) is 49.9 Å². The average molecular weight is 358 g/mol. The van der Waals surface area contributed by atoms with Crippen molar-refractivity contribution in [3.63, 3.8) is 0 Å². The third kappa shape index (κ3) is 3.81. The molecule has 132 valence electrons. The summed E-state index contributed by atoms with van der Waals surface area (Å²) in [7, 11) is 1.60. The van der Waals surface area contributed by atoms with Crippen LogP contribution in [0.15, 0.2) is 29.4 Å². The highest BCUT2D eigenvalue weighted by atomic mass is 32.2. The molecule has 7 heteroatoms. The topological polar surface area (TPSA) is 69.0 Å². The molecule has 0 saturated heterocycles. The van der Waals surface area contributed by atoms with E-state index >= 15 is 0 Å². The number of rotatable bonds is 8. The molecule has 2 fully saturated rings. The molecular weight excluding hydrogens is 336 g/mol. The van der Waals surface area contributed by atoms with Gasteiger partial charge in [-0.15, -0.1) is 10.2 Å². The number of hydrogen-bond donors (Lipinski definition) is 1. The van der Waals surface area contributed by atoms with E-state index in [2.05, 4.69) is 20.1 Å². The van der Waals surface area contributed by atoms with E-state index in [-0.39, 0.29) is 5.91 Å². The molecule has 2 aliphatic rings.